The number of nitro groups is 1. The number of rotatable bonds is 2. The molecule has 0 aliphatic rings. The molecule has 0 aliphatic heterocycles. The number of carbonyl (C=O) groups is 1. The normalized spacial score (nSPS) is 9.86. The molecule has 2 N–H and O–H groups in total. The average Bonchev–Trinajstić information content (AvgIpc) is 2.08. The number of nitro benzene ring substituents is 1. The molecule has 1 rings (SSSR count). The number of benzene rings is 1. The Bertz CT molecular complexity index is 420. The van der Waals surface area contributed by atoms with Crippen LogP contribution in [0.4, 0.5) is 5.69 Å². The Morgan fingerprint density at radius 2 is 2.00 bits per heavy atom. The SMILES string of the molecule is NC(=O)c1c([N+](=O)[O-])ccc(Cl)c1Cl. The van der Waals surface area contributed by atoms with E-state index in [0.29, 0.717) is 0 Å². The van der Waals surface area contributed by atoms with Crippen molar-refractivity contribution in [3.8, 4) is 0 Å². The maximum atomic E-state index is 10.9. The zero-order valence-corrected chi connectivity index (χ0v) is 8.17. The van der Waals surface area contributed by atoms with Gasteiger partial charge in [0.2, 0.25) is 0 Å². The number of amides is 1. The number of carbonyl (C=O) groups excluding carboxylic acids is 1. The van der Waals surface area contributed by atoms with Crippen LogP contribution in [-0.4, -0.2) is 10.8 Å². The Morgan fingerprint density at radius 3 is 2.43 bits per heavy atom. The fourth-order valence-corrected chi connectivity index (χ4v) is 1.34. The van der Waals surface area contributed by atoms with E-state index in [-0.39, 0.29) is 15.6 Å². The van der Waals surface area contributed by atoms with E-state index in [1.54, 1.807) is 0 Å². The lowest BCUT2D eigenvalue weighted by Crippen LogP contribution is -2.14. The van der Waals surface area contributed by atoms with Crippen molar-refractivity contribution in [3.63, 3.8) is 0 Å². The van der Waals surface area contributed by atoms with Crippen LogP contribution in [0.15, 0.2) is 12.1 Å². The second-order valence-electron chi connectivity index (χ2n) is 2.38. The summed E-state index contributed by atoms with van der Waals surface area (Å²) in [5, 5.41) is 10.3. The van der Waals surface area contributed by atoms with Crippen LogP contribution in [0.1, 0.15) is 10.4 Å². The summed E-state index contributed by atoms with van der Waals surface area (Å²) in [7, 11) is 0. The number of primary amides is 1. The molecule has 0 aliphatic carbocycles. The zero-order valence-electron chi connectivity index (χ0n) is 6.66. The molecule has 0 bridgehead atoms. The number of halogens is 2. The van der Waals surface area contributed by atoms with Crippen LogP contribution < -0.4 is 5.73 Å². The summed E-state index contributed by atoms with van der Waals surface area (Å²) in [5.41, 5.74) is 4.11. The minimum absolute atomic E-state index is 0.0473. The van der Waals surface area contributed by atoms with Gasteiger partial charge in [-0.15, -0.1) is 0 Å². The van der Waals surface area contributed by atoms with Crippen molar-refractivity contribution >= 4 is 34.8 Å². The van der Waals surface area contributed by atoms with Gasteiger partial charge in [-0.2, -0.15) is 0 Å². The van der Waals surface area contributed by atoms with E-state index in [2.05, 4.69) is 0 Å². The van der Waals surface area contributed by atoms with Crippen molar-refractivity contribution < 1.29 is 9.72 Å². The van der Waals surface area contributed by atoms with Gasteiger partial charge in [0, 0.05) is 6.07 Å². The van der Waals surface area contributed by atoms with Crippen molar-refractivity contribution in [3.05, 3.63) is 37.9 Å². The fraction of sp³-hybridized carbons (Fsp3) is 0. The highest BCUT2D eigenvalue weighted by atomic mass is 35.5. The van der Waals surface area contributed by atoms with Crippen LogP contribution in [0.3, 0.4) is 0 Å². The molecule has 0 spiro atoms. The van der Waals surface area contributed by atoms with E-state index < -0.39 is 16.5 Å². The molecule has 0 fully saturated rings. The van der Waals surface area contributed by atoms with Gasteiger partial charge in [0.25, 0.3) is 11.6 Å². The van der Waals surface area contributed by atoms with E-state index in [1.807, 2.05) is 0 Å². The average molecular weight is 235 g/mol. The van der Waals surface area contributed by atoms with Crippen molar-refractivity contribution in [2.24, 2.45) is 5.73 Å². The predicted octanol–water partition coefficient (Wildman–Crippen LogP) is 2.00. The fourth-order valence-electron chi connectivity index (χ4n) is 0.927. The highest BCUT2D eigenvalue weighted by molar-refractivity contribution is 6.44. The number of nitrogens with two attached hydrogens (primary N) is 1. The molecule has 1 aromatic rings. The van der Waals surface area contributed by atoms with E-state index in [9.17, 15) is 14.9 Å². The molecule has 5 nitrogen and oxygen atoms in total. The van der Waals surface area contributed by atoms with Gasteiger partial charge < -0.3 is 5.73 Å². The van der Waals surface area contributed by atoms with E-state index >= 15 is 0 Å². The van der Waals surface area contributed by atoms with Crippen molar-refractivity contribution in [1.29, 1.82) is 0 Å². The minimum atomic E-state index is -0.982. The lowest BCUT2D eigenvalue weighted by molar-refractivity contribution is -0.385. The number of nitrogens with zero attached hydrogens (tertiary/aromatic N) is 1. The second kappa shape index (κ2) is 3.81. The molecule has 74 valence electrons. The van der Waals surface area contributed by atoms with Crippen LogP contribution in [-0.2, 0) is 0 Å². The molecule has 0 radical (unpaired) electrons. The van der Waals surface area contributed by atoms with Crippen molar-refractivity contribution in [2.75, 3.05) is 0 Å². The molecule has 0 unspecified atom stereocenters. The molecule has 0 aromatic heterocycles. The van der Waals surface area contributed by atoms with E-state index in [0.717, 1.165) is 6.07 Å². The van der Waals surface area contributed by atoms with Gasteiger partial charge in [0.05, 0.1) is 15.0 Å². The first-order chi connectivity index (χ1) is 6.45. The summed E-state index contributed by atoms with van der Waals surface area (Å²) in [4.78, 5) is 20.6. The smallest absolute Gasteiger partial charge is 0.283 e. The molecule has 14 heavy (non-hydrogen) atoms. The van der Waals surface area contributed by atoms with Gasteiger partial charge in [-0.05, 0) is 6.07 Å². The maximum Gasteiger partial charge on any atom is 0.283 e. The quantitative estimate of drug-likeness (QED) is 0.628. The lowest BCUT2D eigenvalue weighted by atomic mass is 10.1. The first-order valence-corrected chi connectivity index (χ1v) is 4.13. The second-order valence-corrected chi connectivity index (χ2v) is 3.16. The van der Waals surface area contributed by atoms with Crippen LogP contribution in [0.2, 0.25) is 10.0 Å². The predicted molar refractivity (Wildman–Crippen MR) is 51.6 cm³/mol. The van der Waals surface area contributed by atoms with Gasteiger partial charge in [0.1, 0.15) is 5.56 Å². The maximum absolute atomic E-state index is 10.9. The number of hydrogen-bond donors (Lipinski definition) is 1. The summed E-state index contributed by atoms with van der Waals surface area (Å²) in [6.07, 6.45) is 0. The van der Waals surface area contributed by atoms with E-state index in [1.165, 1.54) is 6.07 Å². The molecule has 1 amide bonds. The third-order valence-electron chi connectivity index (χ3n) is 1.52. The first-order valence-electron chi connectivity index (χ1n) is 3.37. The molecular weight excluding hydrogens is 231 g/mol. The lowest BCUT2D eigenvalue weighted by Gasteiger charge is -2.02. The first kappa shape index (κ1) is 10.7. The van der Waals surface area contributed by atoms with Crippen LogP contribution in [0.25, 0.3) is 0 Å². The Kier molecular flexibility index (Phi) is 2.93. The molecular formula is C7H4Cl2N2O3. The molecule has 0 heterocycles. The Balaban J connectivity index is 3.53. The summed E-state index contributed by atoms with van der Waals surface area (Å²) >= 11 is 11.2. The number of hydrogen-bond acceptors (Lipinski definition) is 3. The van der Waals surface area contributed by atoms with Crippen LogP contribution in [0, 0.1) is 10.1 Å². The Morgan fingerprint density at radius 1 is 1.43 bits per heavy atom. The molecule has 0 atom stereocenters. The largest absolute Gasteiger partial charge is 0.365 e. The standard InChI is InChI=1S/C7H4Cl2N2O3/c8-3-1-2-4(11(13)14)5(6(3)9)7(10)12/h1-2H,(H2,10,12). The molecule has 0 saturated heterocycles. The van der Waals surface area contributed by atoms with Crippen molar-refractivity contribution in [2.45, 2.75) is 0 Å². The third-order valence-corrected chi connectivity index (χ3v) is 2.32. The van der Waals surface area contributed by atoms with Gasteiger partial charge in [-0.25, -0.2) is 0 Å². The summed E-state index contributed by atoms with van der Waals surface area (Å²) in [5.74, 6) is -0.982. The highest BCUT2D eigenvalue weighted by Crippen LogP contribution is 2.32. The van der Waals surface area contributed by atoms with Gasteiger partial charge >= 0.3 is 0 Å². The van der Waals surface area contributed by atoms with Crippen LogP contribution >= 0.6 is 23.2 Å². The molecule has 7 heteroatoms. The molecule has 1 aromatic carbocycles. The van der Waals surface area contributed by atoms with E-state index in [4.69, 9.17) is 28.9 Å². The summed E-state index contributed by atoms with van der Waals surface area (Å²) in [6.45, 7) is 0. The third kappa shape index (κ3) is 1.78. The monoisotopic (exact) mass is 234 g/mol. The highest BCUT2D eigenvalue weighted by Gasteiger charge is 2.23. The van der Waals surface area contributed by atoms with Gasteiger partial charge in [-0.3, -0.25) is 14.9 Å². The van der Waals surface area contributed by atoms with Crippen LogP contribution in [0.5, 0.6) is 0 Å². The van der Waals surface area contributed by atoms with Gasteiger partial charge in [-0.1, -0.05) is 23.2 Å². The molecule has 0 saturated carbocycles. The van der Waals surface area contributed by atoms with Crippen molar-refractivity contribution in [1.82, 2.24) is 0 Å². The zero-order chi connectivity index (χ0) is 10.9. The summed E-state index contributed by atoms with van der Waals surface area (Å²) in [6, 6.07) is 2.31. The topological polar surface area (TPSA) is 86.2 Å². The summed E-state index contributed by atoms with van der Waals surface area (Å²) < 4.78 is 0. The Hall–Kier alpha value is -1.33. The minimum Gasteiger partial charge on any atom is -0.365 e. The van der Waals surface area contributed by atoms with Gasteiger partial charge in [0.15, 0.2) is 0 Å². The Labute approximate surface area is 88.6 Å².